The summed E-state index contributed by atoms with van der Waals surface area (Å²) in [7, 11) is -4.56. The molecule has 0 atom stereocenters. The quantitative estimate of drug-likeness (QED) is 0.0800. The lowest BCUT2D eigenvalue weighted by Crippen LogP contribution is -2.47. The number of piperazine rings is 1. The fourth-order valence-corrected chi connectivity index (χ4v) is 11.6. The summed E-state index contributed by atoms with van der Waals surface area (Å²) >= 11 is 6.27. The first-order valence-corrected chi connectivity index (χ1v) is 25.2. The van der Waals surface area contributed by atoms with E-state index in [0.29, 0.717) is 41.9 Å². The second-order valence-corrected chi connectivity index (χ2v) is 21.9. The van der Waals surface area contributed by atoms with Crippen LogP contribution in [0.2, 0.25) is 5.02 Å². The van der Waals surface area contributed by atoms with E-state index in [1.165, 1.54) is 28.8 Å². The number of H-pyrrole nitrogens is 1. The summed E-state index contributed by atoms with van der Waals surface area (Å²) in [6.45, 7) is 11.5. The molecule has 0 unspecified atom stereocenters. The van der Waals surface area contributed by atoms with Gasteiger partial charge in [0.25, 0.3) is 21.6 Å². The maximum Gasteiger partial charge on any atom is 0.293 e. The molecule has 0 bridgehead atoms. The molecular weight excluding hydrogens is 892 g/mol. The standard InChI is InChI=1S/C50H57ClN8O7S/c1-49(2)15-13-36(41(28-49)34-3-5-37(51)6-4-34)30-56-19-21-57(22-20-56)38-7-9-40(43(26-38)58-23-24-66-48-45(58)25-35-14-18-52-46(35)54-48)47(60)55-67(63,64)39-8-10-42(44(27-39)59(61)62)53-29-33-11-16-50(17-12-33)31-65-32-50/h3-10,14,18,25-27,33,53H,11-13,15-17,19-24,28-32H2,1-2H3,(H,52,54)(H,55,60). The normalized spacial score (nSPS) is 19.7. The van der Waals surface area contributed by atoms with Crippen molar-refractivity contribution in [1.82, 2.24) is 19.6 Å². The Morgan fingerprint density at radius 3 is 2.46 bits per heavy atom. The smallest absolute Gasteiger partial charge is 0.293 e. The highest BCUT2D eigenvalue weighted by Gasteiger charge is 2.41. The molecule has 67 heavy (non-hydrogen) atoms. The number of allylic oxidation sites excluding steroid dienone is 1. The Balaban J connectivity index is 0.890. The van der Waals surface area contributed by atoms with Gasteiger partial charge < -0.3 is 29.6 Å². The number of hydrogen-bond donors (Lipinski definition) is 3. The first-order chi connectivity index (χ1) is 32.2. The largest absolute Gasteiger partial charge is 0.474 e. The van der Waals surface area contributed by atoms with Gasteiger partial charge in [0.2, 0.25) is 5.88 Å². The molecule has 5 aromatic rings. The predicted octanol–water partition coefficient (Wildman–Crippen LogP) is 9.18. The molecule has 3 aromatic carbocycles. The van der Waals surface area contributed by atoms with E-state index in [9.17, 15) is 23.3 Å². The van der Waals surface area contributed by atoms with E-state index in [4.69, 9.17) is 26.1 Å². The van der Waals surface area contributed by atoms with E-state index < -0.39 is 20.9 Å². The summed E-state index contributed by atoms with van der Waals surface area (Å²) in [5, 5.41) is 17.1. The Labute approximate surface area is 396 Å². The van der Waals surface area contributed by atoms with Crippen LogP contribution in [0.5, 0.6) is 5.88 Å². The second-order valence-electron chi connectivity index (χ2n) is 19.8. The number of sulfonamides is 1. The van der Waals surface area contributed by atoms with Crippen LogP contribution in [0.3, 0.4) is 0 Å². The molecule has 2 aromatic heterocycles. The van der Waals surface area contributed by atoms with Gasteiger partial charge in [-0.15, -0.1) is 0 Å². The van der Waals surface area contributed by atoms with Gasteiger partial charge in [0.15, 0.2) is 0 Å². The molecule has 2 saturated heterocycles. The van der Waals surface area contributed by atoms with E-state index in [1.54, 1.807) is 12.3 Å². The Kier molecular flexibility index (Phi) is 12.2. The van der Waals surface area contributed by atoms with Crippen LogP contribution in [0, 0.1) is 26.9 Å². The molecule has 0 radical (unpaired) electrons. The fraction of sp³-hybridized carbons (Fsp3) is 0.440. The zero-order valence-corrected chi connectivity index (χ0v) is 39.6. The van der Waals surface area contributed by atoms with Gasteiger partial charge in [-0.05, 0) is 122 Å². The van der Waals surface area contributed by atoms with Gasteiger partial charge in [-0.1, -0.05) is 43.2 Å². The third-order valence-corrected chi connectivity index (χ3v) is 16.2. The Hall–Kier alpha value is -5.68. The lowest BCUT2D eigenvalue weighted by atomic mass is 9.69. The predicted molar refractivity (Wildman–Crippen MR) is 261 cm³/mol. The van der Waals surface area contributed by atoms with E-state index in [1.807, 2.05) is 41.3 Å². The van der Waals surface area contributed by atoms with Crippen molar-refractivity contribution in [2.45, 2.75) is 63.7 Å². The van der Waals surface area contributed by atoms with Gasteiger partial charge in [-0.2, -0.15) is 4.98 Å². The number of aromatic nitrogens is 2. The van der Waals surface area contributed by atoms with Crippen LogP contribution in [-0.4, -0.2) is 99.8 Å². The molecule has 352 valence electrons. The highest BCUT2D eigenvalue weighted by atomic mass is 35.5. The number of carbonyl (C=O) groups excluding carboxylic acids is 1. The first kappa shape index (κ1) is 45.1. The van der Waals surface area contributed by atoms with Crippen molar-refractivity contribution < 1.29 is 27.6 Å². The highest BCUT2D eigenvalue weighted by molar-refractivity contribution is 7.90. The number of fused-ring (bicyclic) bond motifs is 2. The molecule has 3 aliphatic heterocycles. The second kappa shape index (κ2) is 18.1. The number of rotatable bonds is 12. The Morgan fingerprint density at radius 1 is 0.955 bits per heavy atom. The number of aromatic amines is 1. The minimum atomic E-state index is -4.56. The average Bonchev–Trinajstić information content (AvgIpc) is 3.77. The molecule has 3 fully saturated rings. The van der Waals surface area contributed by atoms with Gasteiger partial charge in [0.1, 0.15) is 23.6 Å². The molecule has 3 N–H and O–H groups in total. The van der Waals surface area contributed by atoms with Crippen molar-refractivity contribution in [3.8, 4) is 5.88 Å². The summed E-state index contributed by atoms with van der Waals surface area (Å²) in [6.07, 6.45) is 9.13. The van der Waals surface area contributed by atoms with Crippen molar-refractivity contribution in [2.24, 2.45) is 16.7 Å². The minimum Gasteiger partial charge on any atom is -0.474 e. The third kappa shape index (κ3) is 9.45. The van der Waals surface area contributed by atoms with Crippen LogP contribution in [-0.2, 0) is 14.8 Å². The molecule has 2 aliphatic carbocycles. The van der Waals surface area contributed by atoms with Gasteiger partial charge in [-0.3, -0.25) is 19.8 Å². The molecular formula is C50H57ClN8O7S. The molecule has 5 aliphatic rings. The number of nitrogens with zero attached hydrogens (tertiary/aromatic N) is 5. The van der Waals surface area contributed by atoms with Crippen molar-refractivity contribution in [1.29, 1.82) is 0 Å². The lowest BCUT2D eigenvalue weighted by Gasteiger charge is -2.46. The van der Waals surface area contributed by atoms with Crippen molar-refractivity contribution in [3.05, 3.63) is 111 Å². The monoisotopic (exact) mass is 948 g/mol. The molecule has 15 nitrogen and oxygen atoms in total. The van der Waals surface area contributed by atoms with Crippen LogP contribution < -0.4 is 24.6 Å². The Bertz CT molecular complexity index is 2840. The maximum absolute atomic E-state index is 14.4. The van der Waals surface area contributed by atoms with Crippen molar-refractivity contribution in [2.75, 3.05) is 80.8 Å². The number of nitrogens with one attached hydrogen (secondary N) is 3. The molecule has 1 amide bonds. The van der Waals surface area contributed by atoms with Crippen LogP contribution in [0.25, 0.3) is 16.6 Å². The molecule has 1 spiro atoms. The zero-order valence-electron chi connectivity index (χ0n) is 38.0. The summed E-state index contributed by atoms with van der Waals surface area (Å²) in [5.74, 6) is -0.139. The number of ether oxygens (including phenoxy) is 2. The number of halogens is 1. The van der Waals surface area contributed by atoms with Gasteiger partial charge in [0, 0.05) is 73.0 Å². The van der Waals surface area contributed by atoms with Crippen molar-refractivity contribution >= 4 is 72.6 Å². The number of carbonyl (C=O) groups is 1. The Morgan fingerprint density at radius 2 is 1.73 bits per heavy atom. The third-order valence-electron chi connectivity index (χ3n) is 14.6. The summed E-state index contributed by atoms with van der Waals surface area (Å²) in [4.78, 5) is 40.3. The molecule has 1 saturated carbocycles. The van der Waals surface area contributed by atoms with E-state index in [2.05, 4.69) is 50.8 Å². The lowest BCUT2D eigenvalue weighted by molar-refractivity contribution is -0.384. The summed E-state index contributed by atoms with van der Waals surface area (Å²) in [6, 6.07) is 21.2. The van der Waals surface area contributed by atoms with Gasteiger partial charge in [-0.25, -0.2) is 13.1 Å². The minimum absolute atomic E-state index is 0.116. The van der Waals surface area contributed by atoms with Crippen LogP contribution in [0.15, 0.2) is 89.5 Å². The zero-order chi connectivity index (χ0) is 46.5. The number of nitro benzene ring substituents is 1. The number of amides is 1. The number of nitro groups is 1. The number of anilines is 4. The molecule has 10 rings (SSSR count). The maximum atomic E-state index is 14.4. The molecule has 5 heterocycles. The summed E-state index contributed by atoms with van der Waals surface area (Å²) < 4.78 is 41.7. The van der Waals surface area contributed by atoms with E-state index in [-0.39, 0.29) is 39.3 Å². The fourth-order valence-electron chi connectivity index (χ4n) is 10.5. The number of benzene rings is 3. The number of hydrogen-bond acceptors (Lipinski definition) is 12. The van der Waals surface area contributed by atoms with Crippen molar-refractivity contribution in [3.63, 3.8) is 0 Å². The average molecular weight is 950 g/mol. The highest BCUT2D eigenvalue weighted by Crippen LogP contribution is 2.46. The van der Waals surface area contributed by atoms with E-state index in [0.717, 1.165) is 113 Å². The van der Waals surface area contributed by atoms with Gasteiger partial charge >= 0.3 is 0 Å². The van der Waals surface area contributed by atoms with Crippen LogP contribution >= 0.6 is 11.6 Å². The summed E-state index contributed by atoms with van der Waals surface area (Å²) in [5.41, 5.74) is 7.29. The van der Waals surface area contributed by atoms with Crippen LogP contribution in [0.4, 0.5) is 28.4 Å². The van der Waals surface area contributed by atoms with Crippen LogP contribution in [0.1, 0.15) is 74.7 Å². The van der Waals surface area contributed by atoms with E-state index >= 15 is 0 Å². The molecule has 17 heteroatoms. The van der Waals surface area contributed by atoms with Gasteiger partial charge in [0.05, 0.1) is 40.8 Å². The SMILES string of the molecule is CC1(C)CCC(CN2CCN(c3ccc(C(=O)NS(=O)(=O)c4ccc(NCC5CCC6(CC5)COC6)c([N+](=O)[O-])c4)c(N4CCOc5nc6[nH]ccc6cc54)c3)CC2)=C(c2ccc(Cl)cc2)C1. The first-order valence-electron chi connectivity index (χ1n) is 23.4. The topological polar surface area (TPSA) is 175 Å². The number of pyridine rings is 1.